The first kappa shape index (κ1) is 20.9. The molecule has 0 spiro atoms. The monoisotopic (exact) mass is 418 g/mol. The average molecular weight is 418 g/mol. The number of hydrogen-bond donors (Lipinski definition) is 2. The van der Waals surface area contributed by atoms with Gasteiger partial charge in [-0.05, 0) is 65.1 Å². The molecule has 0 aliphatic carbocycles. The third-order valence-corrected chi connectivity index (χ3v) is 5.44. The predicted octanol–water partition coefficient (Wildman–Crippen LogP) is 3.54. The van der Waals surface area contributed by atoms with E-state index in [1.807, 2.05) is 54.6 Å². The second kappa shape index (κ2) is 9.62. The van der Waals surface area contributed by atoms with Crippen molar-refractivity contribution in [2.24, 2.45) is 0 Å². The summed E-state index contributed by atoms with van der Waals surface area (Å²) in [5, 5.41) is 7.59. The van der Waals surface area contributed by atoms with Crippen LogP contribution in [-0.2, 0) is 9.53 Å². The van der Waals surface area contributed by atoms with Gasteiger partial charge in [0.15, 0.2) is 6.61 Å². The van der Waals surface area contributed by atoms with Crippen molar-refractivity contribution in [1.82, 2.24) is 10.6 Å². The fourth-order valence-corrected chi connectivity index (χ4v) is 3.68. The molecule has 2 amide bonds. The first-order chi connectivity index (χ1) is 15.1. The molecule has 1 aliphatic heterocycles. The number of carbonyl (C=O) groups excluding carboxylic acids is 2. The minimum atomic E-state index is -0.147. The van der Waals surface area contributed by atoms with E-state index in [1.54, 1.807) is 7.05 Å². The maximum absolute atomic E-state index is 12.0. The molecule has 3 aromatic rings. The van der Waals surface area contributed by atoms with Crippen LogP contribution in [0.4, 0.5) is 0 Å². The van der Waals surface area contributed by atoms with E-state index < -0.39 is 0 Å². The molecule has 1 fully saturated rings. The zero-order valence-corrected chi connectivity index (χ0v) is 17.5. The molecule has 3 aromatic carbocycles. The molecule has 4 rings (SSSR count). The molecule has 1 saturated heterocycles. The lowest BCUT2D eigenvalue weighted by Crippen LogP contribution is -2.35. The molecule has 1 aliphatic rings. The number of fused-ring (bicyclic) bond motifs is 1. The Balaban J connectivity index is 1.38. The zero-order chi connectivity index (χ0) is 21.6. The Hall–Kier alpha value is -3.38. The number of benzene rings is 3. The Morgan fingerprint density at radius 2 is 1.74 bits per heavy atom. The highest BCUT2D eigenvalue weighted by Gasteiger charge is 2.16. The van der Waals surface area contributed by atoms with Crippen molar-refractivity contribution in [2.75, 3.05) is 26.8 Å². The molecule has 6 nitrogen and oxygen atoms in total. The van der Waals surface area contributed by atoms with E-state index >= 15 is 0 Å². The third kappa shape index (κ3) is 5.22. The van der Waals surface area contributed by atoms with Gasteiger partial charge in [-0.1, -0.05) is 30.3 Å². The quantitative estimate of drug-likeness (QED) is 0.615. The highest BCUT2D eigenvalue weighted by Crippen LogP contribution is 2.27. The van der Waals surface area contributed by atoms with Crippen LogP contribution in [0.15, 0.2) is 60.7 Å². The fourth-order valence-electron chi connectivity index (χ4n) is 3.68. The van der Waals surface area contributed by atoms with Gasteiger partial charge < -0.3 is 20.1 Å². The predicted molar refractivity (Wildman–Crippen MR) is 120 cm³/mol. The number of amides is 2. The van der Waals surface area contributed by atoms with E-state index in [0.29, 0.717) is 17.9 Å². The second-order valence-electron chi connectivity index (χ2n) is 7.61. The minimum absolute atomic E-state index is 0.0198. The molecule has 0 aromatic heterocycles. The molecule has 6 heteroatoms. The van der Waals surface area contributed by atoms with Crippen LogP contribution in [0.2, 0.25) is 0 Å². The van der Waals surface area contributed by atoms with Crippen LogP contribution < -0.4 is 15.4 Å². The molecule has 1 atom stereocenters. The molecule has 1 heterocycles. The first-order valence-electron chi connectivity index (χ1n) is 10.5. The zero-order valence-electron chi connectivity index (χ0n) is 17.5. The van der Waals surface area contributed by atoms with Crippen molar-refractivity contribution >= 4 is 22.6 Å². The van der Waals surface area contributed by atoms with Crippen LogP contribution in [0, 0.1) is 0 Å². The van der Waals surface area contributed by atoms with Crippen molar-refractivity contribution in [1.29, 1.82) is 0 Å². The van der Waals surface area contributed by atoms with Crippen LogP contribution in [-0.4, -0.2) is 44.7 Å². The highest BCUT2D eigenvalue weighted by atomic mass is 16.5. The molecular weight excluding hydrogens is 392 g/mol. The van der Waals surface area contributed by atoms with Gasteiger partial charge in [-0.2, -0.15) is 0 Å². The van der Waals surface area contributed by atoms with Crippen LogP contribution in [0.5, 0.6) is 5.75 Å². The molecule has 0 radical (unpaired) electrons. The van der Waals surface area contributed by atoms with Gasteiger partial charge in [-0.15, -0.1) is 0 Å². The smallest absolute Gasteiger partial charge is 0.258 e. The lowest BCUT2D eigenvalue weighted by atomic mass is 10.00. The Kier molecular flexibility index (Phi) is 6.48. The van der Waals surface area contributed by atoms with E-state index in [-0.39, 0.29) is 24.5 Å². The number of ether oxygens (including phenoxy) is 2. The normalized spacial score (nSPS) is 15.6. The first-order valence-corrected chi connectivity index (χ1v) is 10.5. The van der Waals surface area contributed by atoms with Crippen LogP contribution in [0.25, 0.3) is 21.9 Å². The maximum atomic E-state index is 12.0. The third-order valence-electron chi connectivity index (χ3n) is 5.44. The summed E-state index contributed by atoms with van der Waals surface area (Å²) in [4.78, 5) is 23.7. The molecule has 0 bridgehead atoms. The maximum Gasteiger partial charge on any atom is 0.258 e. The summed E-state index contributed by atoms with van der Waals surface area (Å²) < 4.78 is 11.2. The standard InChI is InChI=1S/C25H26N2O4/c1-26-25(29)18-6-4-17(5-7-18)19-8-9-21-14-22(11-10-20(21)13-19)31-16-24(28)27-15-23-3-2-12-30-23/h4-11,13-14,23H,2-3,12,15-16H2,1H3,(H,26,29)(H,27,28). The van der Waals surface area contributed by atoms with Crippen molar-refractivity contribution in [2.45, 2.75) is 18.9 Å². The summed E-state index contributed by atoms with van der Waals surface area (Å²) in [6, 6.07) is 19.5. The van der Waals surface area contributed by atoms with Gasteiger partial charge in [0.05, 0.1) is 6.10 Å². The minimum Gasteiger partial charge on any atom is -0.484 e. The Morgan fingerprint density at radius 1 is 1.00 bits per heavy atom. The Labute approximate surface area is 181 Å². The van der Waals surface area contributed by atoms with Gasteiger partial charge in [0.25, 0.3) is 11.8 Å². The van der Waals surface area contributed by atoms with E-state index in [4.69, 9.17) is 9.47 Å². The number of rotatable bonds is 7. The van der Waals surface area contributed by atoms with Gasteiger partial charge in [0.1, 0.15) is 5.75 Å². The van der Waals surface area contributed by atoms with E-state index in [9.17, 15) is 9.59 Å². The van der Waals surface area contributed by atoms with Crippen LogP contribution >= 0.6 is 0 Å². The molecular formula is C25H26N2O4. The summed E-state index contributed by atoms with van der Waals surface area (Å²) in [7, 11) is 1.62. The van der Waals surface area contributed by atoms with Crippen molar-refractivity contribution < 1.29 is 19.1 Å². The molecule has 31 heavy (non-hydrogen) atoms. The molecule has 2 N–H and O–H groups in total. The fraction of sp³-hybridized carbons (Fsp3) is 0.280. The summed E-state index contributed by atoms with van der Waals surface area (Å²) in [6.07, 6.45) is 2.17. The van der Waals surface area contributed by atoms with Crippen LogP contribution in [0.1, 0.15) is 23.2 Å². The molecule has 0 saturated carbocycles. The number of nitrogens with one attached hydrogen (secondary N) is 2. The van der Waals surface area contributed by atoms with E-state index in [0.717, 1.165) is 41.3 Å². The number of hydrogen-bond acceptors (Lipinski definition) is 4. The Morgan fingerprint density at radius 3 is 2.48 bits per heavy atom. The van der Waals surface area contributed by atoms with Crippen molar-refractivity contribution in [3.05, 3.63) is 66.2 Å². The van der Waals surface area contributed by atoms with Gasteiger partial charge in [-0.25, -0.2) is 0 Å². The number of carbonyl (C=O) groups is 2. The van der Waals surface area contributed by atoms with Gasteiger partial charge in [0.2, 0.25) is 0 Å². The largest absolute Gasteiger partial charge is 0.484 e. The van der Waals surface area contributed by atoms with Crippen molar-refractivity contribution in [3.63, 3.8) is 0 Å². The Bertz CT molecular complexity index is 1070. The van der Waals surface area contributed by atoms with Crippen LogP contribution in [0.3, 0.4) is 0 Å². The second-order valence-corrected chi connectivity index (χ2v) is 7.61. The lowest BCUT2D eigenvalue weighted by molar-refractivity contribution is -0.123. The molecule has 1 unspecified atom stereocenters. The van der Waals surface area contributed by atoms with E-state index in [1.165, 1.54) is 0 Å². The van der Waals surface area contributed by atoms with Crippen molar-refractivity contribution in [3.8, 4) is 16.9 Å². The molecule has 160 valence electrons. The van der Waals surface area contributed by atoms with Gasteiger partial charge in [0, 0.05) is 25.8 Å². The summed E-state index contributed by atoms with van der Waals surface area (Å²) in [5.41, 5.74) is 2.74. The van der Waals surface area contributed by atoms with E-state index in [2.05, 4.69) is 16.7 Å². The SMILES string of the molecule is CNC(=O)c1ccc(-c2ccc3cc(OCC(=O)NCC4CCCO4)ccc3c2)cc1. The average Bonchev–Trinajstić information content (AvgIpc) is 3.34. The summed E-state index contributed by atoms with van der Waals surface area (Å²) >= 11 is 0. The lowest BCUT2D eigenvalue weighted by Gasteiger charge is -2.12. The van der Waals surface area contributed by atoms with Gasteiger partial charge in [-0.3, -0.25) is 9.59 Å². The summed E-state index contributed by atoms with van der Waals surface area (Å²) in [6.45, 7) is 1.29. The highest BCUT2D eigenvalue weighted by molar-refractivity contribution is 5.95. The van der Waals surface area contributed by atoms with Gasteiger partial charge >= 0.3 is 0 Å². The summed E-state index contributed by atoms with van der Waals surface area (Å²) in [5.74, 6) is 0.409. The topological polar surface area (TPSA) is 76.7 Å².